The second-order valence-electron chi connectivity index (χ2n) is 29.5. The lowest BCUT2D eigenvalue weighted by molar-refractivity contribution is 0.122. The van der Waals surface area contributed by atoms with Crippen LogP contribution < -0.4 is 41.3 Å². The average Bonchev–Trinajstić information content (AvgIpc) is 0.783. The van der Waals surface area contributed by atoms with Gasteiger partial charge in [0.2, 0.25) is 43.8 Å². The Hall–Kier alpha value is -15.1. The molecule has 2 aliphatic rings. The number of aromatic nitrogens is 12. The lowest BCUT2D eigenvalue weighted by Gasteiger charge is -2.29. The van der Waals surface area contributed by atoms with E-state index in [9.17, 15) is 34.4 Å². The van der Waals surface area contributed by atoms with Crippen LogP contribution in [-0.2, 0) is 29.5 Å². The molecule has 0 radical (unpaired) electrons. The van der Waals surface area contributed by atoms with Crippen molar-refractivity contribution in [3.8, 4) is 90.1 Å². The fourth-order valence-electron chi connectivity index (χ4n) is 14.0. The number of nitrogens with two attached hydrogens (primary N) is 2. The smallest absolute Gasteiger partial charge is 0.238 e. The molecule has 10 heterocycles. The van der Waals surface area contributed by atoms with E-state index in [4.69, 9.17) is 29.7 Å². The number of ether oxygens (including phenoxy) is 2. The lowest BCUT2D eigenvalue weighted by atomic mass is 10.0. The van der Waals surface area contributed by atoms with Crippen LogP contribution in [0.25, 0.3) is 90.1 Å². The molecule has 0 spiro atoms. The molecule has 8 aromatic heterocycles. The van der Waals surface area contributed by atoms with Crippen LogP contribution in [0.3, 0.4) is 0 Å². The number of sulfonamides is 2. The van der Waals surface area contributed by atoms with Crippen molar-refractivity contribution >= 4 is 78.0 Å². The van der Waals surface area contributed by atoms with Gasteiger partial charge in [-0.2, -0.15) is 0 Å². The first kappa shape index (κ1) is 87.8. The van der Waals surface area contributed by atoms with Gasteiger partial charge in [-0.05, 0) is 280 Å². The van der Waals surface area contributed by atoms with E-state index >= 15 is 0 Å². The molecule has 8 aromatic carbocycles. The molecule has 0 saturated carbocycles. The number of benzene rings is 8. The highest BCUT2D eigenvalue weighted by atomic mass is 32.2. The highest BCUT2D eigenvalue weighted by Crippen LogP contribution is 2.37. The Bertz CT molecular complexity index is 6910. The fraction of sp³-hybridized carbons (Fsp3) is 0.125. The van der Waals surface area contributed by atoms with Crippen molar-refractivity contribution < 1.29 is 43.9 Å². The van der Waals surface area contributed by atoms with Crippen LogP contribution in [0.4, 0.5) is 75.5 Å². The quantitative estimate of drug-likeness (QED) is 0.0386. The van der Waals surface area contributed by atoms with Gasteiger partial charge >= 0.3 is 0 Å². The summed E-state index contributed by atoms with van der Waals surface area (Å²) in [5, 5.41) is 23.0. The number of aryl methyl sites for hydroxylation is 4. The Morgan fingerprint density at radius 2 is 0.602 bits per heavy atom. The van der Waals surface area contributed by atoms with Gasteiger partial charge in [0, 0.05) is 154 Å². The van der Waals surface area contributed by atoms with Crippen LogP contribution in [0.5, 0.6) is 0 Å². The molecule has 18 rings (SSSR count). The van der Waals surface area contributed by atoms with E-state index in [-0.39, 0.29) is 39.0 Å². The van der Waals surface area contributed by atoms with Crippen LogP contribution in [0.15, 0.2) is 302 Å². The Morgan fingerprint density at radius 1 is 0.297 bits per heavy atom. The summed E-state index contributed by atoms with van der Waals surface area (Å²) in [4.78, 5) is 58.4. The van der Waals surface area contributed by atoms with Crippen molar-refractivity contribution in [3.63, 3.8) is 0 Å². The van der Waals surface area contributed by atoms with E-state index in [2.05, 4.69) is 105 Å². The van der Waals surface area contributed by atoms with E-state index in [0.717, 1.165) is 137 Å². The lowest BCUT2D eigenvalue weighted by Crippen LogP contribution is -2.36. The summed E-state index contributed by atoms with van der Waals surface area (Å²) >= 11 is 0. The predicted octanol–water partition coefficient (Wildman–Crippen LogP) is 18.6. The van der Waals surface area contributed by atoms with Crippen LogP contribution >= 0.6 is 0 Å². The highest BCUT2D eigenvalue weighted by Gasteiger charge is 2.21. The number of morpholine rings is 2. The number of hydrogen-bond acceptors (Lipinski definition) is 24. The Labute approximate surface area is 736 Å². The van der Waals surface area contributed by atoms with Crippen molar-refractivity contribution in [2.24, 2.45) is 10.3 Å². The van der Waals surface area contributed by atoms with Gasteiger partial charge in [-0.1, -0.05) is 12.1 Å². The molecule has 26 nitrogen and oxygen atoms in total. The predicted molar refractivity (Wildman–Crippen MR) is 489 cm³/mol. The number of nitrogens with zero attached hydrogens (tertiary/aromatic N) is 14. The molecule has 32 heteroatoms. The van der Waals surface area contributed by atoms with Gasteiger partial charge < -0.3 is 40.5 Å². The van der Waals surface area contributed by atoms with Crippen molar-refractivity contribution in [2.45, 2.75) is 37.5 Å². The number of primary sulfonamides is 2. The van der Waals surface area contributed by atoms with E-state index < -0.39 is 20.0 Å². The number of nitrogens with one attached hydrogen (secondary N) is 4. The van der Waals surface area contributed by atoms with Crippen molar-refractivity contribution in [1.29, 1.82) is 0 Å². The van der Waals surface area contributed by atoms with Gasteiger partial charge in [0.15, 0.2) is 0 Å². The first-order valence-electron chi connectivity index (χ1n) is 40.4. The summed E-state index contributed by atoms with van der Waals surface area (Å²) in [5.41, 5.74) is 19.4. The minimum Gasteiger partial charge on any atom is -0.378 e. The minimum atomic E-state index is -3.83. The first-order valence-corrected chi connectivity index (χ1v) is 43.5. The monoisotopic (exact) mass is 1750 g/mol. The molecule has 0 unspecified atom stereocenters. The number of hydrogen-bond donors (Lipinski definition) is 6. The number of pyridine rings is 4. The molecular formula is C96H84F4N20O6S2. The molecule has 16 aromatic rings. The Balaban J connectivity index is 0.000000131. The maximum Gasteiger partial charge on any atom is 0.238 e. The van der Waals surface area contributed by atoms with Crippen LogP contribution in [0.1, 0.15) is 22.3 Å². The Morgan fingerprint density at radius 3 is 0.930 bits per heavy atom. The third-order valence-electron chi connectivity index (χ3n) is 20.5. The van der Waals surface area contributed by atoms with Crippen molar-refractivity contribution in [2.75, 3.05) is 83.7 Å². The zero-order valence-corrected chi connectivity index (χ0v) is 71.2. The standard InChI is InChI=1S/2C26H24FN5O.2C22H18FN5O2S/c1-18-16-19(7-8-23(18)27)25-22(6-3-10-28-25)24-9-11-29-26(31-24)30-20-4-2-5-21(17-20)32-12-14-33-15-13-32;1-18-17-19(4-9-23(18)27)25-22(3-2-11-28-25)24-10-12-29-26(31-24)30-20-5-7-21(8-6-20)32-13-15-33-16-14-32;1-14-12-15(7-8-19(14)23)21-18(6-3-10-25-21)20-9-11-26-22(28-20)27-16-4-2-5-17(13-16)31(24,29)30;1-14-13-15(4-9-19(14)23)21-18(3-2-11-25-21)20-10-12-26-22(28-20)27-16-5-7-17(8-6-16)31(24,29)30/h2-11,16-17H,12-15H2,1H3,(H,29,30,31);2-12,17H,13-16H2,1H3,(H,29,30,31);2*2-13H,1H3,(H2,24,29,30)(H,26,27,28). The summed E-state index contributed by atoms with van der Waals surface area (Å²) in [6.07, 6.45) is 13.4. The van der Waals surface area contributed by atoms with Gasteiger partial charge in [0.1, 0.15) is 23.3 Å². The Kier molecular flexibility index (Phi) is 27.6. The van der Waals surface area contributed by atoms with Gasteiger partial charge in [-0.3, -0.25) is 19.9 Å². The molecule has 644 valence electrons. The van der Waals surface area contributed by atoms with Crippen LogP contribution in [-0.4, -0.2) is 129 Å². The summed E-state index contributed by atoms with van der Waals surface area (Å²) in [7, 11) is -7.59. The molecule has 2 aliphatic heterocycles. The normalized spacial score (nSPS) is 12.5. The average molecular weight is 1750 g/mol. The molecule has 2 fully saturated rings. The van der Waals surface area contributed by atoms with Crippen LogP contribution in [0.2, 0.25) is 0 Å². The van der Waals surface area contributed by atoms with E-state index in [0.29, 0.717) is 74.2 Å². The van der Waals surface area contributed by atoms with Crippen molar-refractivity contribution in [1.82, 2.24) is 59.8 Å². The summed E-state index contributed by atoms with van der Waals surface area (Å²) in [6, 6.07) is 70.4. The van der Waals surface area contributed by atoms with Gasteiger partial charge in [-0.25, -0.2) is 84.5 Å². The maximum absolute atomic E-state index is 13.8. The number of rotatable bonds is 20. The topological polar surface area (TPSA) is 348 Å². The van der Waals surface area contributed by atoms with Gasteiger partial charge in [0.25, 0.3) is 0 Å². The van der Waals surface area contributed by atoms with E-state index in [1.165, 1.54) is 54.2 Å². The molecule has 8 N–H and O–H groups in total. The number of halogens is 4. The molecule has 0 atom stereocenters. The molecule has 128 heavy (non-hydrogen) atoms. The molecular weight excluding hydrogens is 1670 g/mol. The second kappa shape index (κ2) is 40.3. The molecule has 0 amide bonds. The van der Waals surface area contributed by atoms with E-state index in [1.807, 2.05) is 72.8 Å². The van der Waals surface area contributed by atoms with Crippen molar-refractivity contribution in [3.05, 3.63) is 338 Å². The largest absolute Gasteiger partial charge is 0.378 e. The van der Waals surface area contributed by atoms with Gasteiger partial charge in [-0.15, -0.1) is 0 Å². The highest BCUT2D eigenvalue weighted by molar-refractivity contribution is 7.89. The van der Waals surface area contributed by atoms with Crippen LogP contribution in [0, 0.1) is 51.0 Å². The van der Waals surface area contributed by atoms with E-state index in [1.54, 1.807) is 174 Å². The summed E-state index contributed by atoms with van der Waals surface area (Å²) in [5.74, 6) is 0.571. The maximum atomic E-state index is 13.8. The summed E-state index contributed by atoms with van der Waals surface area (Å²) in [6.45, 7) is 13.5. The summed E-state index contributed by atoms with van der Waals surface area (Å²) < 4.78 is 112. The molecule has 2 saturated heterocycles. The molecule has 0 bridgehead atoms. The first-order chi connectivity index (χ1) is 62.0. The zero-order valence-electron chi connectivity index (χ0n) is 69.6. The third-order valence-corrected chi connectivity index (χ3v) is 22.4. The minimum absolute atomic E-state index is 0.0160. The SMILES string of the molecule is Cc1cc(-c2ncccc2-c2ccnc(Nc3ccc(N4CCOCC4)cc3)n2)ccc1F.Cc1cc(-c2ncccc2-c2ccnc(Nc3ccc(S(N)(=O)=O)cc3)n2)ccc1F.Cc1cc(-c2ncccc2-c2ccnc(Nc3cccc(N4CCOCC4)c3)n2)ccc1F.Cc1cc(-c2ncccc2-c2ccnc(Nc3cccc(S(N)(=O)=O)c3)n2)ccc1F. The fourth-order valence-corrected chi connectivity index (χ4v) is 15.1. The van der Waals surface area contributed by atoms with Gasteiger partial charge in [0.05, 0.1) is 81.8 Å². The molecule has 0 aliphatic carbocycles. The number of anilines is 10. The zero-order chi connectivity index (χ0) is 89.3. The second-order valence-corrected chi connectivity index (χ2v) is 32.6. The third kappa shape index (κ3) is 22.4.